The predicted molar refractivity (Wildman–Crippen MR) is 124 cm³/mol. The molecule has 1 saturated heterocycles. The van der Waals surface area contributed by atoms with Gasteiger partial charge in [0, 0.05) is 37.5 Å². The van der Waals surface area contributed by atoms with Gasteiger partial charge in [0.1, 0.15) is 11.5 Å². The minimum Gasteiger partial charge on any atom is -0.372 e. The maximum absolute atomic E-state index is 12.6. The number of pyridine rings is 2. The first kappa shape index (κ1) is 22.0. The normalized spacial score (nSPS) is 18.8. The quantitative estimate of drug-likeness (QED) is 0.634. The van der Waals surface area contributed by atoms with Crippen molar-refractivity contribution < 1.29 is 9.53 Å². The van der Waals surface area contributed by atoms with Gasteiger partial charge >= 0.3 is 0 Å². The molecule has 2 atom stereocenters. The van der Waals surface area contributed by atoms with Crippen LogP contribution >= 0.6 is 0 Å². The maximum atomic E-state index is 12.6. The summed E-state index contributed by atoms with van der Waals surface area (Å²) in [4.78, 5) is 34.7. The van der Waals surface area contributed by atoms with Crippen LogP contribution < -0.4 is 15.8 Å². The van der Waals surface area contributed by atoms with E-state index in [2.05, 4.69) is 39.1 Å². The van der Waals surface area contributed by atoms with Crippen molar-refractivity contribution in [1.82, 2.24) is 19.7 Å². The smallest absolute Gasteiger partial charge is 0.253 e. The van der Waals surface area contributed by atoms with Gasteiger partial charge in [-0.25, -0.2) is 4.98 Å². The zero-order chi connectivity index (χ0) is 23.0. The van der Waals surface area contributed by atoms with Gasteiger partial charge < -0.3 is 19.9 Å². The van der Waals surface area contributed by atoms with Crippen LogP contribution in [0, 0.1) is 13.8 Å². The Kier molecular flexibility index (Phi) is 6.01. The Labute approximate surface area is 186 Å². The minimum atomic E-state index is -0.175. The SMILES string of the molecule is Cc1nn(C)c2[nH]c(=O)c(CCC(=O)Nc3ccc(N4CC(C)OC(C)C4)nc3)c(C)c12. The van der Waals surface area contributed by atoms with E-state index in [1.165, 1.54) is 0 Å². The molecule has 4 heterocycles. The van der Waals surface area contributed by atoms with E-state index >= 15 is 0 Å². The van der Waals surface area contributed by atoms with E-state index < -0.39 is 0 Å². The third kappa shape index (κ3) is 4.38. The molecule has 32 heavy (non-hydrogen) atoms. The number of aromatic amines is 1. The molecule has 9 nitrogen and oxygen atoms in total. The molecule has 2 N–H and O–H groups in total. The van der Waals surface area contributed by atoms with Gasteiger partial charge in [-0.05, 0) is 51.8 Å². The summed E-state index contributed by atoms with van der Waals surface area (Å²) in [6.07, 6.45) is 2.53. The van der Waals surface area contributed by atoms with Crippen molar-refractivity contribution in [1.29, 1.82) is 0 Å². The van der Waals surface area contributed by atoms with Crippen LogP contribution in [0.3, 0.4) is 0 Å². The summed E-state index contributed by atoms with van der Waals surface area (Å²) < 4.78 is 7.44. The average molecular weight is 439 g/mol. The van der Waals surface area contributed by atoms with Crippen molar-refractivity contribution in [2.24, 2.45) is 7.05 Å². The van der Waals surface area contributed by atoms with Gasteiger partial charge in [0.05, 0.1) is 29.8 Å². The second kappa shape index (κ2) is 8.74. The lowest BCUT2D eigenvalue weighted by molar-refractivity contribution is -0.116. The molecule has 4 rings (SSSR count). The fourth-order valence-electron chi connectivity index (χ4n) is 4.53. The van der Waals surface area contributed by atoms with Crippen molar-refractivity contribution in [3.63, 3.8) is 0 Å². The number of carbonyl (C=O) groups is 1. The second-order valence-electron chi connectivity index (χ2n) is 8.61. The van der Waals surface area contributed by atoms with Crippen LogP contribution in [0.4, 0.5) is 11.5 Å². The van der Waals surface area contributed by atoms with Crippen LogP contribution in [0.2, 0.25) is 0 Å². The Morgan fingerprint density at radius 2 is 1.97 bits per heavy atom. The van der Waals surface area contributed by atoms with Crippen molar-refractivity contribution in [3.8, 4) is 0 Å². The third-order valence-corrected chi connectivity index (χ3v) is 5.93. The summed E-state index contributed by atoms with van der Waals surface area (Å²) >= 11 is 0. The highest BCUT2D eigenvalue weighted by atomic mass is 16.5. The predicted octanol–water partition coefficient (Wildman–Crippen LogP) is 2.46. The molecule has 170 valence electrons. The second-order valence-corrected chi connectivity index (χ2v) is 8.61. The molecule has 1 aliphatic heterocycles. The molecule has 0 aliphatic carbocycles. The molecule has 3 aromatic heterocycles. The van der Waals surface area contributed by atoms with E-state index in [4.69, 9.17) is 4.74 Å². The van der Waals surface area contributed by atoms with E-state index in [9.17, 15) is 9.59 Å². The number of rotatable bonds is 5. The topological polar surface area (TPSA) is 105 Å². The van der Waals surface area contributed by atoms with Crippen LogP contribution in [-0.4, -0.2) is 51.0 Å². The zero-order valence-corrected chi connectivity index (χ0v) is 19.2. The molecular formula is C23H30N6O3. The van der Waals surface area contributed by atoms with Crippen LogP contribution in [0.25, 0.3) is 11.0 Å². The number of carbonyl (C=O) groups excluding carboxylic acids is 1. The Morgan fingerprint density at radius 1 is 1.25 bits per heavy atom. The Balaban J connectivity index is 1.40. The lowest BCUT2D eigenvalue weighted by Crippen LogP contribution is -2.45. The molecule has 0 bridgehead atoms. The minimum absolute atomic E-state index is 0.154. The van der Waals surface area contributed by atoms with E-state index in [0.717, 1.165) is 35.6 Å². The number of amides is 1. The van der Waals surface area contributed by atoms with Gasteiger partial charge in [-0.2, -0.15) is 5.10 Å². The molecule has 0 spiro atoms. The number of aromatic nitrogens is 4. The summed E-state index contributed by atoms with van der Waals surface area (Å²) in [6.45, 7) is 9.51. The number of morpholine rings is 1. The largest absolute Gasteiger partial charge is 0.372 e. The number of fused-ring (bicyclic) bond motifs is 1. The number of H-pyrrole nitrogens is 1. The lowest BCUT2D eigenvalue weighted by Gasteiger charge is -2.36. The van der Waals surface area contributed by atoms with Gasteiger partial charge in [-0.3, -0.25) is 14.3 Å². The van der Waals surface area contributed by atoms with Gasteiger partial charge in [-0.1, -0.05) is 0 Å². The Bertz CT molecular complexity index is 1190. The number of aryl methyl sites for hydroxylation is 3. The van der Waals surface area contributed by atoms with Crippen molar-refractivity contribution in [3.05, 3.63) is 45.5 Å². The highest BCUT2D eigenvalue weighted by Crippen LogP contribution is 2.22. The number of nitrogens with one attached hydrogen (secondary N) is 2. The standard InChI is InChI=1S/C23H30N6O3/c1-13-11-29(12-14(2)32-13)19-8-6-17(10-24-19)25-20(30)9-7-18-15(3)21-16(4)27-28(5)22(21)26-23(18)31/h6,8,10,13-14H,7,9,11-12H2,1-5H3,(H,25,30)(H,26,31). The maximum Gasteiger partial charge on any atom is 0.253 e. The number of ether oxygens (including phenoxy) is 1. The zero-order valence-electron chi connectivity index (χ0n) is 19.2. The molecule has 1 aliphatic rings. The van der Waals surface area contributed by atoms with Gasteiger partial charge in [-0.15, -0.1) is 0 Å². The summed E-state index contributed by atoms with van der Waals surface area (Å²) in [7, 11) is 1.80. The van der Waals surface area contributed by atoms with Crippen LogP contribution in [0.15, 0.2) is 23.1 Å². The fourth-order valence-corrected chi connectivity index (χ4v) is 4.53. The van der Waals surface area contributed by atoms with E-state index in [0.29, 0.717) is 23.3 Å². The Morgan fingerprint density at radius 3 is 2.62 bits per heavy atom. The summed E-state index contributed by atoms with van der Waals surface area (Å²) in [5.74, 6) is 0.710. The molecule has 3 aromatic rings. The Hall–Kier alpha value is -3.20. The lowest BCUT2D eigenvalue weighted by atomic mass is 10.0. The number of anilines is 2. The van der Waals surface area contributed by atoms with Gasteiger partial charge in [0.15, 0.2) is 0 Å². The first-order valence-electron chi connectivity index (χ1n) is 10.9. The average Bonchev–Trinajstić information content (AvgIpc) is 3.01. The number of nitrogens with zero attached hydrogens (tertiary/aromatic N) is 4. The van der Waals surface area contributed by atoms with E-state index in [-0.39, 0.29) is 30.1 Å². The first-order chi connectivity index (χ1) is 15.2. The van der Waals surface area contributed by atoms with Crippen LogP contribution in [0.5, 0.6) is 0 Å². The fraction of sp³-hybridized carbons (Fsp3) is 0.478. The third-order valence-electron chi connectivity index (χ3n) is 5.93. The number of hydrogen-bond donors (Lipinski definition) is 2. The monoisotopic (exact) mass is 438 g/mol. The molecule has 1 fully saturated rings. The highest BCUT2D eigenvalue weighted by Gasteiger charge is 2.23. The molecule has 0 saturated carbocycles. The van der Waals surface area contributed by atoms with Crippen molar-refractivity contribution in [2.45, 2.75) is 52.7 Å². The van der Waals surface area contributed by atoms with Crippen molar-refractivity contribution >= 4 is 28.4 Å². The first-order valence-corrected chi connectivity index (χ1v) is 10.9. The summed E-state index contributed by atoms with van der Waals surface area (Å²) in [6, 6.07) is 3.77. The molecule has 2 unspecified atom stereocenters. The highest BCUT2D eigenvalue weighted by molar-refractivity contribution is 5.91. The van der Waals surface area contributed by atoms with E-state index in [1.807, 2.05) is 26.0 Å². The summed E-state index contributed by atoms with van der Waals surface area (Å²) in [5.41, 5.74) is 3.52. The number of hydrogen-bond acceptors (Lipinski definition) is 6. The van der Waals surface area contributed by atoms with Crippen molar-refractivity contribution in [2.75, 3.05) is 23.3 Å². The molecule has 1 amide bonds. The van der Waals surface area contributed by atoms with E-state index in [1.54, 1.807) is 17.9 Å². The van der Waals surface area contributed by atoms with Gasteiger partial charge in [0.2, 0.25) is 5.91 Å². The molecule has 0 aromatic carbocycles. The van der Waals surface area contributed by atoms with Crippen LogP contribution in [-0.2, 0) is 23.0 Å². The molecular weight excluding hydrogens is 408 g/mol. The summed E-state index contributed by atoms with van der Waals surface area (Å²) in [5, 5.41) is 8.20. The van der Waals surface area contributed by atoms with Crippen LogP contribution in [0.1, 0.15) is 37.1 Å². The molecule has 9 heteroatoms. The molecule has 0 radical (unpaired) electrons. The van der Waals surface area contributed by atoms with Gasteiger partial charge in [0.25, 0.3) is 5.56 Å².